The van der Waals surface area contributed by atoms with Crippen molar-refractivity contribution < 1.29 is 14.0 Å². The van der Waals surface area contributed by atoms with E-state index in [4.69, 9.17) is 0 Å². The molecule has 0 radical (unpaired) electrons. The molecule has 0 bridgehead atoms. The fourth-order valence-corrected chi connectivity index (χ4v) is 9.64. The lowest BCUT2D eigenvalue weighted by Gasteiger charge is -2.42. The number of nitrogens with zero attached hydrogens (tertiary/aromatic N) is 5. The van der Waals surface area contributed by atoms with Crippen LogP contribution in [-0.2, 0) is 9.59 Å². The Kier molecular flexibility index (Phi) is 9.45. The Morgan fingerprint density at radius 2 is 1.73 bits per heavy atom. The standard InChI is InChI=1S/C37H49FN6O3S/c1-37(2,3)16-22-43-34(46)30(23-31(45)42-20-14-26(15-21-42)44-29-11-6-17-39-33(29)40-36(44)47)48-35(43)27-9-5-10-28(38)32(27)24-12-18-41(19-13-24)25-7-4-8-25/h5-6,9-11,17,24-26,30,35H,4,7-8,12-16,18-23H2,1-3H3,(H,39,40,47)/t30-,35+/m0/s1. The van der Waals surface area contributed by atoms with E-state index in [2.05, 4.69) is 35.6 Å². The molecule has 258 valence electrons. The maximum atomic E-state index is 15.8. The fraction of sp³-hybridized carbons (Fsp3) is 0.622. The lowest BCUT2D eigenvalue weighted by atomic mass is 9.83. The molecule has 7 rings (SSSR count). The number of H-pyrrole nitrogens is 1. The van der Waals surface area contributed by atoms with Crippen LogP contribution in [0, 0.1) is 11.2 Å². The summed E-state index contributed by atoms with van der Waals surface area (Å²) in [4.78, 5) is 54.0. The van der Waals surface area contributed by atoms with Gasteiger partial charge in [0.2, 0.25) is 11.8 Å². The number of imidazole rings is 1. The molecule has 1 N–H and O–H groups in total. The molecule has 2 amide bonds. The summed E-state index contributed by atoms with van der Waals surface area (Å²) >= 11 is 1.53. The van der Waals surface area contributed by atoms with E-state index in [9.17, 15) is 14.4 Å². The van der Waals surface area contributed by atoms with Crippen molar-refractivity contribution in [2.24, 2.45) is 5.41 Å². The number of piperidine rings is 2. The summed E-state index contributed by atoms with van der Waals surface area (Å²) < 4.78 is 17.6. The Labute approximate surface area is 286 Å². The quantitative estimate of drug-likeness (QED) is 0.304. The first-order chi connectivity index (χ1) is 23.1. The third kappa shape index (κ3) is 6.69. The summed E-state index contributed by atoms with van der Waals surface area (Å²) in [6.07, 6.45) is 9.64. The van der Waals surface area contributed by atoms with Crippen molar-refractivity contribution in [1.29, 1.82) is 0 Å². The Bertz CT molecular complexity index is 1700. The van der Waals surface area contributed by atoms with Gasteiger partial charge < -0.3 is 14.7 Å². The number of likely N-dealkylation sites (tertiary alicyclic amines) is 2. The summed E-state index contributed by atoms with van der Waals surface area (Å²) in [5.74, 6) is -0.108. The molecule has 5 heterocycles. The second-order valence-corrected chi connectivity index (χ2v) is 16.7. The van der Waals surface area contributed by atoms with Gasteiger partial charge in [0.15, 0.2) is 5.65 Å². The zero-order valence-electron chi connectivity index (χ0n) is 28.5. The normalized spacial score (nSPS) is 23.7. The number of thioether (sulfide) groups is 1. The van der Waals surface area contributed by atoms with Crippen LogP contribution in [0.3, 0.4) is 0 Å². The number of halogens is 1. The fourth-order valence-electron chi connectivity index (χ4n) is 8.13. The predicted octanol–water partition coefficient (Wildman–Crippen LogP) is 6.23. The first kappa shape index (κ1) is 33.3. The van der Waals surface area contributed by atoms with Crippen molar-refractivity contribution in [3.63, 3.8) is 0 Å². The number of carbonyl (C=O) groups is 2. The number of rotatable bonds is 8. The third-order valence-corrected chi connectivity index (χ3v) is 12.6. The molecule has 3 saturated heterocycles. The lowest BCUT2D eigenvalue weighted by Crippen LogP contribution is -2.44. The molecule has 3 aromatic rings. The molecule has 48 heavy (non-hydrogen) atoms. The monoisotopic (exact) mass is 676 g/mol. The van der Waals surface area contributed by atoms with Crippen molar-refractivity contribution in [3.8, 4) is 0 Å². The number of amides is 2. The molecule has 0 unspecified atom stereocenters. The van der Waals surface area contributed by atoms with E-state index in [-0.39, 0.29) is 52.5 Å². The molecule has 1 aliphatic carbocycles. The highest BCUT2D eigenvalue weighted by atomic mass is 32.2. The van der Waals surface area contributed by atoms with Gasteiger partial charge in [-0.05, 0) is 98.7 Å². The van der Waals surface area contributed by atoms with Crippen molar-refractivity contribution in [1.82, 2.24) is 29.2 Å². The van der Waals surface area contributed by atoms with Crippen molar-refractivity contribution in [2.75, 3.05) is 32.7 Å². The Morgan fingerprint density at radius 3 is 2.42 bits per heavy atom. The van der Waals surface area contributed by atoms with E-state index >= 15 is 4.39 Å². The number of aromatic nitrogens is 3. The highest BCUT2D eigenvalue weighted by molar-refractivity contribution is 8.01. The number of nitrogens with one attached hydrogen (secondary N) is 1. The number of pyridine rings is 1. The van der Waals surface area contributed by atoms with E-state index in [1.54, 1.807) is 22.9 Å². The number of carbonyl (C=O) groups excluding carboxylic acids is 2. The molecule has 2 aromatic heterocycles. The van der Waals surface area contributed by atoms with Gasteiger partial charge in [-0.2, -0.15) is 0 Å². The number of aromatic amines is 1. The minimum Gasteiger partial charge on any atom is -0.342 e. The van der Waals surface area contributed by atoms with E-state index < -0.39 is 5.25 Å². The van der Waals surface area contributed by atoms with Crippen LogP contribution in [0.5, 0.6) is 0 Å². The van der Waals surface area contributed by atoms with Crippen molar-refractivity contribution in [2.45, 2.75) is 107 Å². The number of fused-ring (bicyclic) bond motifs is 1. The van der Waals surface area contributed by atoms with Gasteiger partial charge in [0, 0.05) is 44.3 Å². The molecule has 4 fully saturated rings. The Hall–Kier alpha value is -3.18. The summed E-state index contributed by atoms with van der Waals surface area (Å²) in [7, 11) is 0. The van der Waals surface area contributed by atoms with E-state index in [0.717, 1.165) is 49.0 Å². The van der Waals surface area contributed by atoms with Gasteiger partial charge in [-0.3, -0.25) is 19.1 Å². The predicted molar refractivity (Wildman–Crippen MR) is 187 cm³/mol. The van der Waals surface area contributed by atoms with E-state index in [0.29, 0.717) is 44.2 Å². The smallest absolute Gasteiger partial charge is 0.327 e. The molecule has 3 aliphatic heterocycles. The topological polar surface area (TPSA) is 94.5 Å². The third-order valence-electron chi connectivity index (χ3n) is 11.2. The minimum atomic E-state index is -0.515. The first-order valence-electron chi connectivity index (χ1n) is 17.9. The van der Waals surface area contributed by atoms with Crippen LogP contribution in [0.1, 0.15) is 107 Å². The average Bonchev–Trinajstić information content (AvgIpc) is 3.54. The van der Waals surface area contributed by atoms with Gasteiger partial charge >= 0.3 is 5.69 Å². The molecule has 1 saturated carbocycles. The summed E-state index contributed by atoms with van der Waals surface area (Å²) in [6.45, 7) is 10.1. The number of benzene rings is 1. The van der Waals surface area contributed by atoms with Crippen LogP contribution in [-0.4, -0.2) is 85.1 Å². The number of hydrogen-bond donors (Lipinski definition) is 1. The molecule has 2 atom stereocenters. The van der Waals surface area contributed by atoms with Crippen LogP contribution in [0.25, 0.3) is 11.2 Å². The van der Waals surface area contributed by atoms with Gasteiger partial charge in [-0.15, -0.1) is 11.8 Å². The molecule has 11 heteroatoms. The van der Waals surface area contributed by atoms with Crippen LogP contribution < -0.4 is 5.69 Å². The van der Waals surface area contributed by atoms with Crippen LogP contribution in [0.15, 0.2) is 41.3 Å². The van der Waals surface area contributed by atoms with E-state index in [1.807, 2.05) is 28.0 Å². The second-order valence-electron chi connectivity index (χ2n) is 15.4. The summed E-state index contributed by atoms with van der Waals surface area (Å²) in [6, 6.07) is 9.76. The summed E-state index contributed by atoms with van der Waals surface area (Å²) in [5, 5.41) is -0.833. The van der Waals surface area contributed by atoms with Gasteiger partial charge in [-0.1, -0.05) is 39.3 Å². The largest absolute Gasteiger partial charge is 0.342 e. The molecule has 0 spiro atoms. The zero-order valence-corrected chi connectivity index (χ0v) is 29.3. The maximum Gasteiger partial charge on any atom is 0.327 e. The van der Waals surface area contributed by atoms with Gasteiger partial charge in [0.25, 0.3) is 0 Å². The first-order valence-corrected chi connectivity index (χ1v) is 18.8. The second kappa shape index (κ2) is 13.6. The average molecular weight is 677 g/mol. The van der Waals surface area contributed by atoms with Gasteiger partial charge in [-0.25, -0.2) is 14.2 Å². The highest BCUT2D eigenvalue weighted by Gasteiger charge is 2.44. The SMILES string of the molecule is CC(C)(C)CCN1C(=O)[C@H](CC(=O)N2CCC(n3c(=O)[nH]c4ncccc43)CC2)S[C@@H]1c1cccc(F)c1C1CCN(C2CCC2)CC1. The van der Waals surface area contributed by atoms with Gasteiger partial charge in [0.1, 0.15) is 11.2 Å². The van der Waals surface area contributed by atoms with E-state index in [1.165, 1.54) is 31.0 Å². The van der Waals surface area contributed by atoms with Crippen molar-refractivity contribution >= 4 is 34.7 Å². The number of hydrogen-bond acceptors (Lipinski definition) is 6. The summed E-state index contributed by atoms with van der Waals surface area (Å²) in [5.41, 5.74) is 2.87. The molecule has 1 aromatic carbocycles. The molecule has 9 nitrogen and oxygen atoms in total. The molecule has 4 aliphatic rings. The minimum absolute atomic E-state index is 0.0220. The van der Waals surface area contributed by atoms with Crippen LogP contribution in [0.4, 0.5) is 4.39 Å². The lowest BCUT2D eigenvalue weighted by molar-refractivity contribution is -0.136. The highest BCUT2D eigenvalue weighted by Crippen LogP contribution is 2.49. The van der Waals surface area contributed by atoms with Gasteiger partial charge in [0.05, 0.1) is 10.8 Å². The zero-order chi connectivity index (χ0) is 33.6. The maximum absolute atomic E-state index is 15.8. The Balaban J connectivity index is 1.06. The Morgan fingerprint density at radius 1 is 0.979 bits per heavy atom. The molecular formula is C37H49FN6O3S. The van der Waals surface area contributed by atoms with Crippen LogP contribution in [0.2, 0.25) is 0 Å². The van der Waals surface area contributed by atoms with Crippen molar-refractivity contribution in [3.05, 3.63) is 64.0 Å². The molecular weight excluding hydrogens is 628 g/mol. The van der Waals surface area contributed by atoms with Crippen LogP contribution >= 0.6 is 11.8 Å².